The van der Waals surface area contributed by atoms with Crippen molar-refractivity contribution in [2.75, 3.05) is 24.3 Å². The van der Waals surface area contributed by atoms with Crippen LogP contribution in [0, 0.1) is 0 Å². The van der Waals surface area contributed by atoms with Gasteiger partial charge in [0.1, 0.15) is 0 Å². The Hall–Kier alpha value is -2.55. The molecule has 0 fully saturated rings. The zero-order valence-electron chi connectivity index (χ0n) is 12.4. The molecule has 3 aromatic rings. The molecule has 1 heterocycles. The number of pyridine rings is 1. The molecule has 0 amide bonds. The average Bonchev–Trinajstić information content (AvgIpc) is 2.53. The summed E-state index contributed by atoms with van der Waals surface area (Å²) in [5, 5.41) is 4.74. The highest BCUT2D eigenvalue weighted by atomic mass is 15.1. The molecular weight excluding hydrogens is 258 g/mol. The van der Waals surface area contributed by atoms with Gasteiger partial charge in [-0.15, -0.1) is 0 Å². The smallest absolute Gasteiger partial charge is 0.0705 e. The number of para-hydroxylation sites is 3. The average molecular weight is 277 g/mol. The van der Waals surface area contributed by atoms with Crippen LogP contribution < -0.4 is 10.2 Å². The first kappa shape index (κ1) is 13.4. The molecular formula is C18H19N3. The summed E-state index contributed by atoms with van der Waals surface area (Å²) < 4.78 is 0. The monoisotopic (exact) mass is 277 g/mol. The van der Waals surface area contributed by atoms with Gasteiger partial charge in [0.25, 0.3) is 0 Å². The molecule has 0 saturated heterocycles. The lowest BCUT2D eigenvalue weighted by molar-refractivity contribution is 1.10. The first-order chi connectivity index (χ1) is 10.3. The Labute approximate surface area is 125 Å². The van der Waals surface area contributed by atoms with Crippen molar-refractivity contribution in [1.82, 2.24) is 4.98 Å². The van der Waals surface area contributed by atoms with Crippen molar-refractivity contribution in [3.05, 3.63) is 66.4 Å². The molecule has 21 heavy (non-hydrogen) atoms. The van der Waals surface area contributed by atoms with Crippen LogP contribution in [-0.2, 0) is 6.54 Å². The normalized spacial score (nSPS) is 10.6. The van der Waals surface area contributed by atoms with Crippen LogP contribution in [0.1, 0.15) is 5.56 Å². The lowest BCUT2D eigenvalue weighted by Gasteiger charge is -2.18. The Balaban J connectivity index is 1.87. The van der Waals surface area contributed by atoms with Crippen LogP contribution in [0.2, 0.25) is 0 Å². The molecule has 0 aliphatic heterocycles. The lowest BCUT2D eigenvalue weighted by Crippen LogP contribution is -2.12. The summed E-state index contributed by atoms with van der Waals surface area (Å²) >= 11 is 0. The second kappa shape index (κ2) is 5.83. The number of aromatic nitrogens is 1. The van der Waals surface area contributed by atoms with E-state index in [0.717, 1.165) is 17.7 Å². The third kappa shape index (κ3) is 2.82. The fourth-order valence-electron chi connectivity index (χ4n) is 2.51. The molecule has 0 bridgehead atoms. The molecule has 3 nitrogen and oxygen atoms in total. The van der Waals surface area contributed by atoms with Gasteiger partial charge in [0, 0.05) is 32.2 Å². The minimum atomic E-state index is 0.786. The number of rotatable bonds is 4. The van der Waals surface area contributed by atoms with Gasteiger partial charge in [-0.05, 0) is 29.8 Å². The van der Waals surface area contributed by atoms with E-state index >= 15 is 0 Å². The molecule has 1 N–H and O–H groups in total. The van der Waals surface area contributed by atoms with Gasteiger partial charge in [0.2, 0.25) is 0 Å². The second-order valence-electron chi connectivity index (χ2n) is 5.25. The molecule has 106 valence electrons. The number of fused-ring (bicyclic) bond motifs is 1. The summed E-state index contributed by atoms with van der Waals surface area (Å²) in [7, 11) is 4.12. The fraction of sp³-hybridized carbons (Fsp3) is 0.167. The second-order valence-corrected chi connectivity index (χ2v) is 5.25. The fourth-order valence-corrected chi connectivity index (χ4v) is 2.51. The summed E-state index contributed by atoms with van der Waals surface area (Å²) in [5.41, 5.74) is 4.63. The van der Waals surface area contributed by atoms with Crippen LogP contribution in [0.4, 0.5) is 11.4 Å². The summed E-state index contributed by atoms with van der Waals surface area (Å²) in [6, 6.07) is 18.7. The van der Waals surface area contributed by atoms with Crippen LogP contribution >= 0.6 is 0 Å². The van der Waals surface area contributed by atoms with E-state index in [2.05, 4.69) is 71.8 Å². The molecule has 0 aliphatic rings. The highest BCUT2D eigenvalue weighted by Gasteiger charge is 2.05. The highest BCUT2D eigenvalue weighted by Crippen LogP contribution is 2.25. The highest BCUT2D eigenvalue weighted by molar-refractivity contribution is 5.82. The van der Waals surface area contributed by atoms with Crippen molar-refractivity contribution in [3.8, 4) is 0 Å². The molecule has 0 spiro atoms. The molecule has 2 aromatic carbocycles. The maximum Gasteiger partial charge on any atom is 0.0705 e. The molecule has 0 atom stereocenters. The quantitative estimate of drug-likeness (QED) is 0.783. The number of benzene rings is 2. The molecule has 3 rings (SSSR count). The Morgan fingerprint density at radius 3 is 2.57 bits per heavy atom. The minimum absolute atomic E-state index is 0.786. The van der Waals surface area contributed by atoms with E-state index in [1.807, 2.05) is 18.3 Å². The lowest BCUT2D eigenvalue weighted by atomic mass is 10.1. The first-order valence-corrected chi connectivity index (χ1v) is 7.08. The number of nitrogens with one attached hydrogen (secondary N) is 1. The van der Waals surface area contributed by atoms with Crippen LogP contribution in [-0.4, -0.2) is 19.1 Å². The van der Waals surface area contributed by atoms with Crippen molar-refractivity contribution < 1.29 is 0 Å². The van der Waals surface area contributed by atoms with Gasteiger partial charge in [0.05, 0.1) is 16.9 Å². The maximum absolute atomic E-state index is 4.41. The predicted octanol–water partition coefficient (Wildman–Crippen LogP) is 3.91. The maximum atomic E-state index is 4.41. The number of hydrogen-bond donors (Lipinski definition) is 1. The van der Waals surface area contributed by atoms with Gasteiger partial charge in [-0.25, -0.2) is 0 Å². The Bertz CT molecular complexity index is 745. The van der Waals surface area contributed by atoms with E-state index in [4.69, 9.17) is 0 Å². The Morgan fingerprint density at radius 2 is 1.71 bits per heavy atom. The van der Waals surface area contributed by atoms with Crippen molar-refractivity contribution in [3.63, 3.8) is 0 Å². The van der Waals surface area contributed by atoms with E-state index in [-0.39, 0.29) is 0 Å². The molecule has 0 aliphatic carbocycles. The van der Waals surface area contributed by atoms with Crippen LogP contribution in [0.15, 0.2) is 60.8 Å². The van der Waals surface area contributed by atoms with Crippen molar-refractivity contribution >= 4 is 22.3 Å². The zero-order valence-corrected chi connectivity index (χ0v) is 12.4. The minimum Gasteiger partial charge on any atom is -0.379 e. The SMILES string of the molecule is CN(C)c1ccccc1NCc1ccnc2ccccc12. The summed E-state index contributed by atoms with van der Waals surface area (Å²) in [6.45, 7) is 0.786. The van der Waals surface area contributed by atoms with Gasteiger partial charge in [-0.3, -0.25) is 4.98 Å². The van der Waals surface area contributed by atoms with Crippen LogP contribution in [0.5, 0.6) is 0 Å². The van der Waals surface area contributed by atoms with E-state index in [0.29, 0.717) is 0 Å². The number of hydrogen-bond acceptors (Lipinski definition) is 3. The zero-order chi connectivity index (χ0) is 14.7. The van der Waals surface area contributed by atoms with Crippen molar-refractivity contribution in [2.24, 2.45) is 0 Å². The summed E-state index contributed by atoms with van der Waals surface area (Å²) in [4.78, 5) is 6.52. The third-order valence-electron chi connectivity index (χ3n) is 3.59. The van der Waals surface area contributed by atoms with E-state index < -0.39 is 0 Å². The van der Waals surface area contributed by atoms with Gasteiger partial charge in [0.15, 0.2) is 0 Å². The standard InChI is InChI=1S/C18H19N3/c1-21(2)18-10-6-5-9-17(18)20-13-14-11-12-19-16-8-4-3-7-15(14)16/h3-12,20H,13H2,1-2H3. The van der Waals surface area contributed by atoms with Gasteiger partial charge < -0.3 is 10.2 Å². The molecule has 1 aromatic heterocycles. The van der Waals surface area contributed by atoms with Gasteiger partial charge >= 0.3 is 0 Å². The van der Waals surface area contributed by atoms with E-state index in [9.17, 15) is 0 Å². The Morgan fingerprint density at radius 1 is 0.952 bits per heavy atom. The Kier molecular flexibility index (Phi) is 3.73. The first-order valence-electron chi connectivity index (χ1n) is 7.08. The molecule has 0 saturated carbocycles. The van der Waals surface area contributed by atoms with E-state index in [1.54, 1.807) is 0 Å². The third-order valence-corrected chi connectivity index (χ3v) is 3.59. The van der Waals surface area contributed by atoms with Crippen molar-refractivity contribution in [2.45, 2.75) is 6.54 Å². The van der Waals surface area contributed by atoms with E-state index in [1.165, 1.54) is 16.6 Å². The van der Waals surface area contributed by atoms with Gasteiger partial charge in [-0.1, -0.05) is 30.3 Å². The van der Waals surface area contributed by atoms with Crippen LogP contribution in [0.25, 0.3) is 10.9 Å². The predicted molar refractivity (Wildman–Crippen MR) is 89.8 cm³/mol. The largest absolute Gasteiger partial charge is 0.379 e. The van der Waals surface area contributed by atoms with Crippen molar-refractivity contribution in [1.29, 1.82) is 0 Å². The molecule has 3 heteroatoms. The summed E-state index contributed by atoms with van der Waals surface area (Å²) in [6.07, 6.45) is 1.87. The molecule has 0 unspecified atom stereocenters. The van der Waals surface area contributed by atoms with Gasteiger partial charge in [-0.2, -0.15) is 0 Å². The topological polar surface area (TPSA) is 28.2 Å². The number of anilines is 2. The number of nitrogens with zero attached hydrogens (tertiary/aromatic N) is 2. The van der Waals surface area contributed by atoms with Crippen LogP contribution in [0.3, 0.4) is 0 Å². The molecule has 0 radical (unpaired) electrons. The summed E-state index contributed by atoms with van der Waals surface area (Å²) in [5.74, 6) is 0.